The second kappa shape index (κ2) is 5.11. The van der Waals surface area contributed by atoms with Crippen molar-refractivity contribution in [2.75, 3.05) is 5.32 Å². The van der Waals surface area contributed by atoms with Crippen LogP contribution in [-0.2, 0) is 16.6 Å². The van der Waals surface area contributed by atoms with Crippen LogP contribution in [0.1, 0.15) is 6.42 Å². The van der Waals surface area contributed by atoms with E-state index in [1.165, 1.54) is 0 Å². The summed E-state index contributed by atoms with van der Waals surface area (Å²) in [6, 6.07) is 6.53. The Morgan fingerprint density at radius 2 is 2.11 bits per heavy atom. The van der Waals surface area contributed by atoms with E-state index >= 15 is 0 Å². The van der Waals surface area contributed by atoms with Gasteiger partial charge in [0.1, 0.15) is 0 Å². The maximum absolute atomic E-state index is 11.8. The molecule has 0 radical (unpaired) electrons. The zero-order chi connectivity index (χ0) is 14.0. The van der Waals surface area contributed by atoms with E-state index in [1.807, 2.05) is 35.9 Å². The van der Waals surface area contributed by atoms with Gasteiger partial charge in [0.15, 0.2) is 0 Å². The molecule has 0 fully saturated rings. The predicted molar refractivity (Wildman–Crippen MR) is 71.8 cm³/mol. The normalized spacial score (nSPS) is 12.3. The fourth-order valence-corrected chi connectivity index (χ4v) is 1.95. The predicted octanol–water partition coefficient (Wildman–Crippen LogP) is 0.919. The molecule has 0 spiro atoms. The number of para-hydroxylation sites is 1. The molecule has 1 aromatic heterocycles. The Kier molecular flexibility index (Phi) is 3.52. The Bertz CT molecular complexity index is 633. The highest BCUT2D eigenvalue weighted by atomic mass is 16.4. The third-order valence-electron chi connectivity index (χ3n) is 2.89. The summed E-state index contributed by atoms with van der Waals surface area (Å²) in [5.41, 5.74) is 7.12. The largest absolute Gasteiger partial charge is 0.481 e. The number of nitrogens with two attached hydrogens (primary N) is 1. The number of carboxylic acids is 1. The summed E-state index contributed by atoms with van der Waals surface area (Å²) in [6.07, 6.45) is 1.38. The SMILES string of the molecule is Cn1cc(NC(=O)C(N)CC(=O)O)c2ccccc21. The molecule has 1 heterocycles. The number of aromatic nitrogens is 1. The average molecular weight is 261 g/mol. The number of carbonyl (C=O) groups excluding carboxylic acids is 1. The standard InChI is InChI=1S/C13H15N3O3/c1-16-7-10(8-4-2-3-5-11(8)16)15-13(19)9(14)6-12(17)18/h2-5,7,9H,6,14H2,1H3,(H,15,19)(H,17,18). The third kappa shape index (κ3) is 2.74. The first-order valence-electron chi connectivity index (χ1n) is 5.81. The van der Waals surface area contributed by atoms with E-state index in [0.29, 0.717) is 5.69 Å². The maximum Gasteiger partial charge on any atom is 0.305 e. The minimum Gasteiger partial charge on any atom is -0.481 e. The average Bonchev–Trinajstić information content (AvgIpc) is 2.66. The number of hydrogen-bond donors (Lipinski definition) is 3. The van der Waals surface area contributed by atoms with E-state index in [4.69, 9.17) is 10.8 Å². The minimum absolute atomic E-state index is 0.392. The Hall–Kier alpha value is -2.34. The second-order valence-electron chi connectivity index (χ2n) is 4.36. The molecule has 0 bridgehead atoms. The molecule has 6 heteroatoms. The van der Waals surface area contributed by atoms with Crippen molar-refractivity contribution in [3.8, 4) is 0 Å². The zero-order valence-electron chi connectivity index (χ0n) is 10.5. The Labute approximate surface area is 109 Å². The first kappa shape index (κ1) is 13.1. The molecule has 2 rings (SSSR count). The first-order chi connectivity index (χ1) is 8.99. The molecule has 1 unspecified atom stereocenters. The maximum atomic E-state index is 11.8. The topological polar surface area (TPSA) is 97.4 Å². The highest BCUT2D eigenvalue weighted by Gasteiger charge is 2.18. The molecule has 2 aromatic rings. The number of rotatable bonds is 4. The Morgan fingerprint density at radius 3 is 2.79 bits per heavy atom. The van der Waals surface area contributed by atoms with Crippen LogP contribution >= 0.6 is 0 Å². The van der Waals surface area contributed by atoms with Crippen LogP contribution < -0.4 is 11.1 Å². The molecular weight excluding hydrogens is 246 g/mol. The highest BCUT2D eigenvalue weighted by molar-refractivity contribution is 6.04. The molecule has 0 saturated carbocycles. The van der Waals surface area contributed by atoms with Crippen LogP contribution in [0.3, 0.4) is 0 Å². The van der Waals surface area contributed by atoms with E-state index in [0.717, 1.165) is 10.9 Å². The van der Waals surface area contributed by atoms with Crippen molar-refractivity contribution >= 4 is 28.5 Å². The van der Waals surface area contributed by atoms with Crippen LogP contribution in [0, 0.1) is 0 Å². The van der Waals surface area contributed by atoms with E-state index in [1.54, 1.807) is 6.20 Å². The number of benzene rings is 1. The first-order valence-corrected chi connectivity index (χ1v) is 5.81. The monoisotopic (exact) mass is 261 g/mol. The van der Waals surface area contributed by atoms with Crippen molar-refractivity contribution in [1.29, 1.82) is 0 Å². The van der Waals surface area contributed by atoms with Crippen LogP contribution in [0.4, 0.5) is 5.69 Å². The molecule has 1 aromatic carbocycles. The summed E-state index contributed by atoms with van der Waals surface area (Å²) in [6.45, 7) is 0. The number of amides is 1. The third-order valence-corrected chi connectivity index (χ3v) is 2.89. The van der Waals surface area contributed by atoms with Gasteiger partial charge in [-0.05, 0) is 6.07 Å². The van der Waals surface area contributed by atoms with Crippen LogP contribution in [0.25, 0.3) is 10.9 Å². The lowest BCUT2D eigenvalue weighted by atomic mass is 10.2. The van der Waals surface area contributed by atoms with Gasteiger partial charge in [0.2, 0.25) is 5.91 Å². The fraction of sp³-hybridized carbons (Fsp3) is 0.231. The number of nitrogens with zero attached hydrogens (tertiary/aromatic N) is 1. The molecular formula is C13H15N3O3. The molecule has 0 aliphatic carbocycles. The van der Waals surface area contributed by atoms with Gasteiger partial charge in [-0.15, -0.1) is 0 Å². The number of carboxylic acid groups (broad SMARTS) is 1. The lowest BCUT2D eigenvalue weighted by Gasteiger charge is -2.09. The van der Waals surface area contributed by atoms with Crippen LogP contribution in [-0.4, -0.2) is 27.6 Å². The van der Waals surface area contributed by atoms with E-state index in [2.05, 4.69) is 5.32 Å². The number of anilines is 1. The van der Waals surface area contributed by atoms with Gasteiger partial charge >= 0.3 is 5.97 Å². The van der Waals surface area contributed by atoms with Gasteiger partial charge < -0.3 is 20.7 Å². The number of aliphatic carboxylic acids is 1. The van der Waals surface area contributed by atoms with Crippen molar-refractivity contribution in [2.45, 2.75) is 12.5 Å². The molecule has 6 nitrogen and oxygen atoms in total. The van der Waals surface area contributed by atoms with Gasteiger partial charge in [0.25, 0.3) is 0 Å². The van der Waals surface area contributed by atoms with Crippen molar-refractivity contribution in [3.63, 3.8) is 0 Å². The molecule has 1 atom stereocenters. The lowest BCUT2D eigenvalue weighted by molar-refractivity contribution is -0.138. The van der Waals surface area contributed by atoms with Gasteiger partial charge in [-0.1, -0.05) is 18.2 Å². The summed E-state index contributed by atoms with van der Waals surface area (Å²) in [7, 11) is 1.87. The molecule has 0 aliphatic rings. The van der Waals surface area contributed by atoms with Crippen molar-refractivity contribution in [2.24, 2.45) is 12.8 Å². The Morgan fingerprint density at radius 1 is 1.42 bits per heavy atom. The van der Waals surface area contributed by atoms with Gasteiger partial charge in [-0.2, -0.15) is 0 Å². The Balaban J connectivity index is 2.22. The zero-order valence-corrected chi connectivity index (χ0v) is 10.5. The molecule has 0 saturated heterocycles. The fourth-order valence-electron chi connectivity index (χ4n) is 1.95. The van der Waals surface area contributed by atoms with Crippen molar-refractivity contribution in [3.05, 3.63) is 30.5 Å². The number of aryl methyl sites for hydroxylation is 1. The van der Waals surface area contributed by atoms with Crippen LogP contribution in [0.5, 0.6) is 0 Å². The minimum atomic E-state index is -1.10. The van der Waals surface area contributed by atoms with E-state index < -0.39 is 24.3 Å². The molecule has 1 amide bonds. The molecule has 19 heavy (non-hydrogen) atoms. The molecule has 100 valence electrons. The lowest BCUT2D eigenvalue weighted by Crippen LogP contribution is -2.37. The van der Waals surface area contributed by atoms with E-state index in [-0.39, 0.29) is 0 Å². The van der Waals surface area contributed by atoms with Gasteiger partial charge in [-0.25, -0.2) is 0 Å². The number of nitrogens with one attached hydrogen (secondary N) is 1. The summed E-state index contributed by atoms with van der Waals surface area (Å²) < 4.78 is 1.88. The molecule has 0 aliphatic heterocycles. The van der Waals surface area contributed by atoms with Crippen LogP contribution in [0.15, 0.2) is 30.5 Å². The summed E-state index contributed by atoms with van der Waals surface area (Å²) in [5, 5.41) is 12.2. The summed E-state index contributed by atoms with van der Waals surface area (Å²) in [4.78, 5) is 22.3. The quantitative estimate of drug-likeness (QED) is 0.762. The number of carbonyl (C=O) groups is 2. The van der Waals surface area contributed by atoms with Crippen LogP contribution in [0.2, 0.25) is 0 Å². The smallest absolute Gasteiger partial charge is 0.305 e. The van der Waals surface area contributed by atoms with Gasteiger partial charge in [-0.3, -0.25) is 9.59 Å². The number of hydrogen-bond acceptors (Lipinski definition) is 3. The van der Waals surface area contributed by atoms with Crippen molar-refractivity contribution < 1.29 is 14.7 Å². The van der Waals surface area contributed by atoms with Crippen molar-refractivity contribution in [1.82, 2.24) is 4.57 Å². The number of fused-ring (bicyclic) bond motifs is 1. The molecule has 4 N–H and O–H groups in total. The summed E-state index contributed by atoms with van der Waals surface area (Å²) >= 11 is 0. The second-order valence-corrected chi connectivity index (χ2v) is 4.36. The van der Waals surface area contributed by atoms with Gasteiger partial charge in [0.05, 0.1) is 18.2 Å². The van der Waals surface area contributed by atoms with Gasteiger partial charge in [0, 0.05) is 24.1 Å². The van der Waals surface area contributed by atoms with E-state index in [9.17, 15) is 9.59 Å². The highest BCUT2D eigenvalue weighted by Crippen LogP contribution is 2.24. The summed E-state index contributed by atoms with van der Waals surface area (Å²) in [5.74, 6) is -1.60.